The summed E-state index contributed by atoms with van der Waals surface area (Å²) in [5, 5.41) is 4.68. The third-order valence-electron chi connectivity index (χ3n) is 5.42. The number of nitrogens with one attached hydrogen (secondary N) is 1. The standard InChI is InChI=1S/C22H27N3/c1-17-5-3-13-25(23-17)22-10-9-20-15-19(7-8-21(20)16-22)11-14-24-12-4-6-18(24)2/h3,5,7-10,13,15-16,18,23H,4,6,11-12,14H2,1-2H3/t18-/m1/s1. The summed E-state index contributed by atoms with van der Waals surface area (Å²) in [6.07, 6.45) is 10.1. The van der Waals surface area contributed by atoms with Crippen molar-refractivity contribution in [3.63, 3.8) is 0 Å². The van der Waals surface area contributed by atoms with Crippen molar-refractivity contribution in [1.29, 1.82) is 0 Å². The van der Waals surface area contributed by atoms with Gasteiger partial charge in [-0.05, 0) is 80.3 Å². The van der Waals surface area contributed by atoms with Crippen molar-refractivity contribution >= 4 is 16.5 Å². The highest BCUT2D eigenvalue weighted by atomic mass is 15.5. The Labute approximate surface area is 150 Å². The molecule has 2 aromatic rings. The lowest BCUT2D eigenvalue weighted by Crippen LogP contribution is -2.33. The first-order valence-electron chi connectivity index (χ1n) is 9.37. The lowest BCUT2D eigenvalue weighted by Gasteiger charge is -2.25. The molecule has 0 aromatic heterocycles. The van der Waals surface area contributed by atoms with Crippen LogP contribution in [-0.4, -0.2) is 24.0 Å². The molecule has 1 saturated heterocycles. The van der Waals surface area contributed by atoms with E-state index in [1.807, 2.05) is 0 Å². The van der Waals surface area contributed by atoms with Crippen LogP contribution in [0.2, 0.25) is 0 Å². The van der Waals surface area contributed by atoms with Gasteiger partial charge in [-0.15, -0.1) is 0 Å². The van der Waals surface area contributed by atoms with Gasteiger partial charge in [-0.25, -0.2) is 0 Å². The fourth-order valence-electron chi connectivity index (χ4n) is 3.87. The van der Waals surface area contributed by atoms with E-state index in [9.17, 15) is 0 Å². The number of benzene rings is 2. The van der Waals surface area contributed by atoms with E-state index < -0.39 is 0 Å². The summed E-state index contributed by atoms with van der Waals surface area (Å²) in [4.78, 5) is 2.62. The third kappa shape index (κ3) is 3.57. The van der Waals surface area contributed by atoms with Gasteiger partial charge < -0.3 is 4.90 Å². The van der Waals surface area contributed by atoms with Gasteiger partial charge in [0.2, 0.25) is 0 Å². The van der Waals surface area contributed by atoms with E-state index in [0.29, 0.717) is 0 Å². The number of hydrogen-bond donors (Lipinski definition) is 1. The van der Waals surface area contributed by atoms with Crippen LogP contribution in [0.3, 0.4) is 0 Å². The van der Waals surface area contributed by atoms with E-state index in [1.165, 1.54) is 42.3 Å². The van der Waals surface area contributed by atoms with Gasteiger partial charge in [-0.2, -0.15) is 0 Å². The molecule has 1 atom stereocenters. The zero-order valence-corrected chi connectivity index (χ0v) is 15.2. The molecule has 0 amide bonds. The summed E-state index contributed by atoms with van der Waals surface area (Å²) in [6.45, 7) is 6.88. The predicted molar refractivity (Wildman–Crippen MR) is 106 cm³/mol. The maximum absolute atomic E-state index is 3.37. The first kappa shape index (κ1) is 16.2. The molecule has 2 heterocycles. The number of fused-ring (bicyclic) bond motifs is 1. The van der Waals surface area contributed by atoms with Crippen molar-refractivity contribution in [1.82, 2.24) is 10.3 Å². The zero-order valence-electron chi connectivity index (χ0n) is 15.2. The average Bonchev–Trinajstić information content (AvgIpc) is 3.04. The first-order valence-corrected chi connectivity index (χ1v) is 9.37. The van der Waals surface area contributed by atoms with Crippen LogP contribution in [0.25, 0.3) is 10.8 Å². The summed E-state index contributed by atoms with van der Waals surface area (Å²) >= 11 is 0. The number of nitrogens with zero attached hydrogens (tertiary/aromatic N) is 2. The smallest absolute Gasteiger partial charge is 0.0629 e. The number of anilines is 1. The monoisotopic (exact) mass is 333 g/mol. The second kappa shape index (κ2) is 6.93. The molecule has 25 heavy (non-hydrogen) atoms. The highest BCUT2D eigenvalue weighted by Gasteiger charge is 2.19. The molecule has 1 fully saturated rings. The minimum Gasteiger partial charge on any atom is -0.300 e. The van der Waals surface area contributed by atoms with Crippen molar-refractivity contribution < 1.29 is 0 Å². The van der Waals surface area contributed by atoms with E-state index in [0.717, 1.165) is 23.8 Å². The minimum atomic E-state index is 0.755. The van der Waals surface area contributed by atoms with Gasteiger partial charge in [0, 0.05) is 24.5 Å². The molecule has 130 valence electrons. The Balaban J connectivity index is 1.49. The van der Waals surface area contributed by atoms with E-state index in [4.69, 9.17) is 0 Å². The molecule has 2 aliphatic rings. The first-order chi connectivity index (χ1) is 12.2. The number of likely N-dealkylation sites (tertiary alicyclic amines) is 1. The molecule has 0 unspecified atom stereocenters. The second-order valence-corrected chi connectivity index (χ2v) is 7.32. The van der Waals surface area contributed by atoms with E-state index in [2.05, 4.69) is 83.9 Å². The molecule has 3 heteroatoms. The largest absolute Gasteiger partial charge is 0.300 e. The van der Waals surface area contributed by atoms with Gasteiger partial charge in [0.25, 0.3) is 0 Å². The highest BCUT2D eigenvalue weighted by molar-refractivity contribution is 5.86. The van der Waals surface area contributed by atoms with Crippen molar-refractivity contribution in [2.75, 3.05) is 18.1 Å². The van der Waals surface area contributed by atoms with Crippen LogP contribution in [0.1, 0.15) is 32.3 Å². The molecule has 0 radical (unpaired) electrons. The number of hydrogen-bond acceptors (Lipinski definition) is 3. The number of rotatable bonds is 4. The molecule has 1 N–H and O–H groups in total. The van der Waals surface area contributed by atoms with E-state index >= 15 is 0 Å². The zero-order chi connectivity index (χ0) is 17.2. The van der Waals surface area contributed by atoms with Gasteiger partial charge in [-0.1, -0.05) is 24.3 Å². The van der Waals surface area contributed by atoms with Crippen LogP contribution < -0.4 is 10.4 Å². The third-order valence-corrected chi connectivity index (χ3v) is 5.42. The Morgan fingerprint density at radius 2 is 1.96 bits per heavy atom. The van der Waals surface area contributed by atoms with Gasteiger partial charge in [-0.3, -0.25) is 10.4 Å². The Bertz CT molecular complexity index is 821. The molecule has 0 saturated carbocycles. The van der Waals surface area contributed by atoms with Gasteiger partial charge in [0.15, 0.2) is 0 Å². The van der Waals surface area contributed by atoms with Gasteiger partial charge >= 0.3 is 0 Å². The van der Waals surface area contributed by atoms with Crippen LogP contribution >= 0.6 is 0 Å². The van der Waals surface area contributed by atoms with E-state index in [1.54, 1.807) is 0 Å². The Morgan fingerprint density at radius 1 is 1.12 bits per heavy atom. The summed E-state index contributed by atoms with van der Waals surface area (Å²) in [5.41, 5.74) is 7.11. The molecular formula is C22H27N3. The lowest BCUT2D eigenvalue weighted by molar-refractivity contribution is 0.272. The number of hydrazine groups is 1. The average molecular weight is 333 g/mol. The summed E-state index contributed by atoms with van der Waals surface area (Å²) < 4.78 is 0. The second-order valence-electron chi connectivity index (χ2n) is 7.32. The SMILES string of the molecule is CC1=CC=CN(c2ccc3cc(CCN4CCC[C@H]4C)ccc3c2)N1. The van der Waals surface area contributed by atoms with Crippen LogP contribution in [0.15, 0.2) is 60.4 Å². The summed E-state index contributed by atoms with van der Waals surface area (Å²) in [6, 6.07) is 14.3. The number of allylic oxidation sites excluding steroid dienone is 3. The van der Waals surface area contributed by atoms with Crippen molar-refractivity contribution in [3.8, 4) is 0 Å². The maximum Gasteiger partial charge on any atom is 0.0629 e. The van der Waals surface area contributed by atoms with Gasteiger partial charge in [0.05, 0.1) is 5.69 Å². The van der Waals surface area contributed by atoms with Crippen LogP contribution in [0, 0.1) is 0 Å². The van der Waals surface area contributed by atoms with Crippen LogP contribution in [0.4, 0.5) is 5.69 Å². The predicted octanol–water partition coefficient (Wildman–Crippen LogP) is 4.61. The van der Waals surface area contributed by atoms with E-state index in [-0.39, 0.29) is 0 Å². The fourth-order valence-corrected chi connectivity index (χ4v) is 3.87. The van der Waals surface area contributed by atoms with Crippen molar-refractivity contribution in [3.05, 3.63) is 66.0 Å². The molecular weight excluding hydrogens is 306 g/mol. The molecule has 4 rings (SSSR count). The highest BCUT2D eigenvalue weighted by Crippen LogP contribution is 2.24. The van der Waals surface area contributed by atoms with Crippen molar-refractivity contribution in [2.45, 2.75) is 39.2 Å². The molecule has 0 aliphatic carbocycles. The molecule has 3 nitrogen and oxygen atoms in total. The summed E-state index contributed by atoms with van der Waals surface area (Å²) in [7, 11) is 0. The van der Waals surface area contributed by atoms with Gasteiger partial charge in [0.1, 0.15) is 0 Å². The maximum atomic E-state index is 3.37. The summed E-state index contributed by atoms with van der Waals surface area (Å²) in [5.74, 6) is 0. The molecule has 0 spiro atoms. The normalized spacial score (nSPS) is 20.8. The topological polar surface area (TPSA) is 18.5 Å². The Hall–Kier alpha value is -2.26. The molecule has 2 aliphatic heterocycles. The van der Waals surface area contributed by atoms with Crippen LogP contribution in [0.5, 0.6) is 0 Å². The Kier molecular flexibility index (Phi) is 4.50. The lowest BCUT2D eigenvalue weighted by atomic mass is 10.0. The van der Waals surface area contributed by atoms with Crippen molar-refractivity contribution in [2.24, 2.45) is 0 Å². The molecule has 0 bridgehead atoms. The van der Waals surface area contributed by atoms with Crippen LogP contribution in [-0.2, 0) is 6.42 Å². The quantitative estimate of drug-likeness (QED) is 0.881. The molecule has 2 aromatic carbocycles. The fraction of sp³-hybridized carbons (Fsp3) is 0.364. The minimum absolute atomic E-state index is 0.755. The Morgan fingerprint density at radius 3 is 2.76 bits per heavy atom.